The van der Waals surface area contributed by atoms with Gasteiger partial charge in [-0.3, -0.25) is 0 Å². The maximum Gasteiger partial charge on any atom is 0.136 e. The Morgan fingerprint density at radius 1 is 1.12 bits per heavy atom. The molecule has 0 bridgehead atoms. The third-order valence-electron chi connectivity index (χ3n) is 3.26. The van der Waals surface area contributed by atoms with Crippen LogP contribution in [0.15, 0.2) is 0 Å². The van der Waals surface area contributed by atoms with Crippen molar-refractivity contribution in [3.05, 3.63) is 0 Å². The van der Waals surface area contributed by atoms with Gasteiger partial charge in [0.15, 0.2) is 0 Å². The van der Waals surface area contributed by atoms with Crippen LogP contribution in [0.3, 0.4) is 0 Å². The standard InChI is InChI=1S/C13H28N2OS/c1-13(2,3)17(16)14-12-8-5-6-10-15(4)11-7-9-12/h12,14H,5-11H2,1-4H3/t12?,17-/m1/s1. The fraction of sp³-hybridized carbons (Fsp3) is 1.00. The molecule has 17 heavy (non-hydrogen) atoms. The third-order valence-corrected chi connectivity index (χ3v) is 4.92. The van der Waals surface area contributed by atoms with Crippen LogP contribution in [-0.4, -0.2) is 40.4 Å². The minimum atomic E-state index is -0.926. The normalized spacial score (nSPS) is 27.0. The van der Waals surface area contributed by atoms with E-state index in [2.05, 4.69) is 16.7 Å². The molecular weight excluding hydrogens is 232 g/mol. The van der Waals surface area contributed by atoms with Crippen molar-refractivity contribution in [1.82, 2.24) is 9.62 Å². The van der Waals surface area contributed by atoms with E-state index in [9.17, 15) is 4.55 Å². The molecule has 0 aromatic rings. The van der Waals surface area contributed by atoms with E-state index in [0.717, 1.165) is 12.8 Å². The van der Waals surface area contributed by atoms with Crippen LogP contribution in [0, 0.1) is 0 Å². The molecule has 3 nitrogen and oxygen atoms in total. The van der Waals surface area contributed by atoms with Crippen LogP contribution in [-0.2, 0) is 11.4 Å². The van der Waals surface area contributed by atoms with Gasteiger partial charge >= 0.3 is 0 Å². The highest BCUT2D eigenvalue weighted by atomic mass is 32.2. The quantitative estimate of drug-likeness (QED) is 0.774. The average molecular weight is 260 g/mol. The van der Waals surface area contributed by atoms with Gasteiger partial charge in [-0.05, 0) is 66.6 Å². The van der Waals surface area contributed by atoms with Crippen molar-refractivity contribution >= 4 is 11.4 Å². The summed E-state index contributed by atoms with van der Waals surface area (Å²) < 4.78 is 15.2. The Bertz CT molecular complexity index is 218. The fourth-order valence-corrected chi connectivity index (χ4v) is 2.97. The lowest BCUT2D eigenvalue weighted by molar-refractivity contribution is 0.326. The molecule has 0 spiro atoms. The first-order chi connectivity index (χ1) is 7.89. The lowest BCUT2D eigenvalue weighted by Gasteiger charge is -2.27. The molecule has 2 atom stereocenters. The van der Waals surface area contributed by atoms with Crippen molar-refractivity contribution in [3.63, 3.8) is 0 Å². The highest BCUT2D eigenvalue weighted by Gasteiger charge is 2.29. The minimum absolute atomic E-state index is 0.158. The van der Waals surface area contributed by atoms with Crippen molar-refractivity contribution in [2.45, 2.75) is 63.7 Å². The first-order valence-corrected chi connectivity index (χ1v) is 7.91. The Morgan fingerprint density at radius 3 is 2.35 bits per heavy atom. The molecule has 1 aliphatic heterocycles. The molecule has 1 fully saturated rings. The van der Waals surface area contributed by atoms with E-state index in [1.807, 2.05) is 20.8 Å². The van der Waals surface area contributed by atoms with Gasteiger partial charge < -0.3 is 9.45 Å². The smallest absolute Gasteiger partial charge is 0.136 e. The van der Waals surface area contributed by atoms with E-state index < -0.39 is 11.4 Å². The molecule has 1 N–H and O–H groups in total. The van der Waals surface area contributed by atoms with E-state index >= 15 is 0 Å². The molecule has 102 valence electrons. The first-order valence-electron chi connectivity index (χ1n) is 6.76. The zero-order valence-corrected chi connectivity index (χ0v) is 12.6. The van der Waals surface area contributed by atoms with Gasteiger partial charge in [0, 0.05) is 11.4 Å². The average Bonchev–Trinajstić information content (AvgIpc) is 2.30. The Labute approximate surface area is 110 Å². The summed E-state index contributed by atoms with van der Waals surface area (Å²) in [5.41, 5.74) is 0. The number of hydrogen-bond acceptors (Lipinski definition) is 3. The molecule has 1 rings (SSSR count). The second kappa shape index (κ2) is 6.98. The van der Waals surface area contributed by atoms with Gasteiger partial charge in [0.2, 0.25) is 0 Å². The molecule has 0 aromatic heterocycles. The van der Waals surface area contributed by atoms with Crippen LogP contribution in [0.2, 0.25) is 0 Å². The SMILES string of the molecule is CN1CCCCC(N[S@+]([O-])C(C)(C)C)CCC1. The largest absolute Gasteiger partial charge is 0.598 e. The predicted molar refractivity (Wildman–Crippen MR) is 75.4 cm³/mol. The Morgan fingerprint density at radius 2 is 1.71 bits per heavy atom. The van der Waals surface area contributed by atoms with E-state index in [1.165, 1.54) is 32.4 Å². The highest BCUT2D eigenvalue weighted by molar-refractivity contribution is 7.90. The second-order valence-corrected chi connectivity index (χ2v) is 8.14. The summed E-state index contributed by atoms with van der Waals surface area (Å²) in [6.45, 7) is 8.45. The number of nitrogens with one attached hydrogen (secondary N) is 1. The van der Waals surface area contributed by atoms with E-state index in [-0.39, 0.29) is 4.75 Å². The van der Waals surface area contributed by atoms with E-state index in [1.54, 1.807) is 0 Å². The molecule has 1 unspecified atom stereocenters. The van der Waals surface area contributed by atoms with Crippen molar-refractivity contribution in [2.24, 2.45) is 0 Å². The van der Waals surface area contributed by atoms with E-state index in [0.29, 0.717) is 6.04 Å². The molecule has 1 saturated heterocycles. The molecule has 1 aliphatic rings. The Kier molecular flexibility index (Phi) is 6.27. The van der Waals surface area contributed by atoms with Crippen LogP contribution in [0.5, 0.6) is 0 Å². The molecule has 1 heterocycles. The topological polar surface area (TPSA) is 38.3 Å². The Hall–Kier alpha value is 0.230. The predicted octanol–water partition coefficient (Wildman–Crippen LogP) is 2.30. The van der Waals surface area contributed by atoms with Gasteiger partial charge in [0.1, 0.15) is 4.75 Å². The summed E-state index contributed by atoms with van der Waals surface area (Å²) in [4.78, 5) is 2.41. The molecule has 0 aliphatic carbocycles. The lowest BCUT2D eigenvalue weighted by Crippen LogP contribution is -2.44. The van der Waals surface area contributed by atoms with Gasteiger partial charge in [-0.25, -0.2) is 0 Å². The molecule has 0 aromatic carbocycles. The summed E-state index contributed by atoms with van der Waals surface area (Å²) >= 11 is -0.926. The number of hydrogen-bond donors (Lipinski definition) is 1. The lowest BCUT2D eigenvalue weighted by atomic mass is 10.1. The minimum Gasteiger partial charge on any atom is -0.598 e. The maximum absolute atomic E-state index is 12.1. The summed E-state index contributed by atoms with van der Waals surface area (Å²) in [6.07, 6.45) is 6.01. The molecule has 4 heteroatoms. The zero-order valence-electron chi connectivity index (χ0n) is 11.8. The van der Waals surface area contributed by atoms with E-state index in [4.69, 9.17) is 0 Å². The molecular formula is C13H28N2OS. The Balaban J connectivity index is 2.41. The van der Waals surface area contributed by atoms with Crippen molar-refractivity contribution < 1.29 is 4.55 Å². The second-order valence-electron chi connectivity index (χ2n) is 6.14. The fourth-order valence-electron chi connectivity index (χ4n) is 2.08. The van der Waals surface area contributed by atoms with Gasteiger partial charge in [-0.15, -0.1) is 4.72 Å². The summed E-state index contributed by atoms with van der Waals surface area (Å²) in [7, 11) is 2.20. The molecule has 0 amide bonds. The van der Waals surface area contributed by atoms with Crippen LogP contribution in [0.1, 0.15) is 52.9 Å². The highest BCUT2D eigenvalue weighted by Crippen LogP contribution is 2.18. The van der Waals surface area contributed by atoms with Gasteiger partial charge in [-0.2, -0.15) is 0 Å². The van der Waals surface area contributed by atoms with Gasteiger partial charge in [0.25, 0.3) is 0 Å². The molecule has 0 radical (unpaired) electrons. The zero-order chi connectivity index (χ0) is 12.9. The van der Waals surface area contributed by atoms with Crippen molar-refractivity contribution in [1.29, 1.82) is 0 Å². The van der Waals surface area contributed by atoms with Crippen molar-refractivity contribution in [3.8, 4) is 0 Å². The van der Waals surface area contributed by atoms with Gasteiger partial charge in [0.05, 0.1) is 6.04 Å². The van der Waals surface area contributed by atoms with Crippen LogP contribution >= 0.6 is 0 Å². The summed E-state index contributed by atoms with van der Waals surface area (Å²) in [5.74, 6) is 0. The van der Waals surface area contributed by atoms with Crippen LogP contribution in [0.25, 0.3) is 0 Å². The van der Waals surface area contributed by atoms with Crippen LogP contribution < -0.4 is 4.72 Å². The van der Waals surface area contributed by atoms with Crippen LogP contribution in [0.4, 0.5) is 0 Å². The number of rotatable bonds is 2. The summed E-state index contributed by atoms with van der Waals surface area (Å²) in [5, 5.41) is 0. The third kappa shape index (κ3) is 6.09. The first kappa shape index (κ1) is 15.3. The number of nitrogens with zero attached hydrogens (tertiary/aromatic N) is 1. The van der Waals surface area contributed by atoms with Crippen molar-refractivity contribution in [2.75, 3.05) is 20.1 Å². The monoisotopic (exact) mass is 260 g/mol. The summed E-state index contributed by atoms with van der Waals surface area (Å²) in [6, 6.07) is 0.432. The maximum atomic E-state index is 12.1. The molecule has 0 saturated carbocycles. The van der Waals surface area contributed by atoms with Gasteiger partial charge in [-0.1, -0.05) is 6.42 Å².